The van der Waals surface area contributed by atoms with Crippen LogP contribution < -0.4 is 5.56 Å². The van der Waals surface area contributed by atoms with Crippen LogP contribution in [0.15, 0.2) is 4.79 Å². The van der Waals surface area contributed by atoms with Crippen LogP contribution in [-0.4, -0.2) is 38.0 Å². The number of nitrogens with zero attached hydrogens (tertiary/aromatic N) is 3. The maximum atomic E-state index is 12.6. The van der Waals surface area contributed by atoms with Crippen LogP contribution in [0.2, 0.25) is 0 Å². The Kier molecular flexibility index (Phi) is 5.01. The summed E-state index contributed by atoms with van der Waals surface area (Å²) in [6, 6.07) is 0. The molecule has 1 aliphatic rings. The molecule has 0 fully saturated rings. The Bertz CT molecular complexity index is 836. The first-order valence-corrected chi connectivity index (χ1v) is 8.81. The van der Waals surface area contributed by atoms with Crippen molar-refractivity contribution in [2.45, 2.75) is 58.9 Å². The topological polar surface area (TPSA) is 94.7 Å². The number of hydrogen-bond acceptors (Lipinski definition) is 4. The zero-order valence-electron chi connectivity index (χ0n) is 15.1. The van der Waals surface area contributed by atoms with Gasteiger partial charge >= 0.3 is 0 Å². The number of aromatic amines is 2. The second kappa shape index (κ2) is 7.21. The maximum Gasteiger partial charge on any atom is 0.254 e. The Hall–Kier alpha value is -2.44. The van der Waals surface area contributed by atoms with Gasteiger partial charge in [-0.2, -0.15) is 5.10 Å². The summed E-state index contributed by atoms with van der Waals surface area (Å²) in [5.41, 5.74) is 4.23. The fourth-order valence-electron chi connectivity index (χ4n) is 3.42. The first-order chi connectivity index (χ1) is 12.0. The number of aromatic nitrogens is 4. The van der Waals surface area contributed by atoms with Gasteiger partial charge in [0, 0.05) is 24.0 Å². The largest absolute Gasteiger partial charge is 0.339 e. The van der Waals surface area contributed by atoms with E-state index in [0.29, 0.717) is 23.6 Å². The molecule has 0 bridgehead atoms. The van der Waals surface area contributed by atoms with Crippen molar-refractivity contribution in [2.75, 3.05) is 7.05 Å². The van der Waals surface area contributed by atoms with Gasteiger partial charge in [-0.3, -0.25) is 14.7 Å². The Morgan fingerprint density at radius 1 is 1.20 bits per heavy atom. The highest BCUT2D eigenvalue weighted by Crippen LogP contribution is 2.22. The van der Waals surface area contributed by atoms with E-state index in [1.165, 1.54) is 30.5 Å². The van der Waals surface area contributed by atoms with E-state index in [4.69, 9.17) is 0 Å². The lowest BCUT2D eigenvalue weighted by Crippen LogP contribution is -2.31. The van der Waals surface area contributed by atoms with E-state index >= 15 is 0 Å². The normalized spacial score (nSPS) is 14.0. The van der Waals surface area contributed by atoms with Crippen LogP contribution in [-0.2, 0) is 30.6 Å². The Morgan fingerprint density at radius 3 is 2.72 bits per heavy atom. The van der Waals surface area contributed by atoms with Crippen molar-refractivity contribution < 1.29 is 4.79 Å². The van der Waals surface area contributed by atoms with Gasteiger partial charge in [0.15, 0.2) is 0 Å². The molecule has 0 radical (unpaired) electrons. The molecule has 0 saturated heterocycles. The lowest BCUT2D eigenvalue weighted by atomic mass is 10.1. The molecular weight excluding hydrogens is 318 g/mol. The van der Waals surface area contributed by atoms with Gasteiger partial charge in [0.2, 0.25) is 5.91 Å². The maximum absolute atomic E-state index is 12.6. The summed E-state index contributed by atoms with van der Waals surface area (Å²) >= 11 is 0. The van der Waals surface area contributed by atoms with Crippen LogP contribution in [0.3, 0.4) is 0 Å². The number of carbonyl (C=O) groups excluding carboxylic acids is 1. The number of hydrogen-bond donors (Lipinski definition) is 2. The molecule has 0 spiro atoms. The molecule has 7 heteroatoms. The summed E-state index contributed by atoms with van der Waals surface area (Å²) in [5.74, 6) is 0.455. The summed E-state index contributed by atoms with van der Waals surface area (Å²) in [6.45, 7) is 3.95. The van der Waals surface area contributed by atoms with Gasteiger partial charge in [-0.05, 0) is 45.1 Å². The Labute approximate surface area is 146 Å². The number of likely N-dealkylation sites (N-methyl/N-ethyl adjacent to an activating group) is 1. The van der Waals surface area contributed by atoms with Gasteiger partial charge in [0.25, 0.3) is 5.56 Å². The summed E-state index contributed by atoms with van der Waals surface area (Å²) in [4.78, 5) is 33.2. The van der Waals surface area contributed by atoms with Crippen molar-refractivity contribution >= 4 is 5.91 Å². The number of carbonyl (C=O) groups is 1. The molecule has 25 heavy (non-hydrogen) atoms. The SMILES string of the molecule is Cc1nc(C)c(CC(=O)N(C)Cc2n[nH]c3c2CCCCC3)c(=O)[nH]1. The van der Waals surface area contributed by atoms with Gasteiger partial charge in [0.1, 0.15) is 5.82 Å². The Balaban J connectivity index is 1.72. The van der Waals surface area contributed by atoms with Crippen molar-refractivity contribution in [3.63, 3.8) is 0 Å². The van der Waals surface area contributed by atoms with Crippen molar-refractivity contribution in [1.29, 1.82) is 0 Å². The standard InChI is InChI=1S/C18H25N5O2/c1-11-14(18(25)20-12(2)19-11)9-17(24)23(3)10-16-13-7-5-4-6-8-15(13)21-22-16/h4-10H2,1-3H3,(H,21,22)(H,19,20,25). The average molecular weight is 343 g/mol. The number of H-pyrrole nitrogens is 2. The smallest absolute Gasteiger partial charge is 0.254 e. The lowest BCUT2D eigenvalue weighted by molar-refractivity contribution is -0.129. The molecular formula is C18H25N5O2. The number of nitrogens with one attached hydrogen (secondary N) is 2. The molecule has 134 valence electrons. The van der Waals surface area contributed by atoms with Gasteiger partial charge in [-0.1, -0.05) is 6.42 Å². The molecule has 0 atom stereocenters. The molecule has 2 N–H and O–H groups in total. The fourth-order valence-corrected chi connectivity index (χ4v) is 3.42. The van der Waals surface area contributed by atoms with E-state index in [1.54, 1.807) is 25.8 Å². The van der Waals surface area contributed by atoms with E-state index in [-0.39, 0.29) is 17.9 Å². The number of aryl methyl sites for hydroxylation is 3. The van der Waals surface area contributed by atoms with Gasteiger partial charge in [-0.15, -0.1) is 0 Å². The zero-order chi connectivity index (χ0) is 18.0. The number of amides is 1. The average Bonchev–Trinajstić information content (AvgIpc) is 2.78. The summed E-state index contributed by atoms with van der Waals surface area (Å²) in [6.07, 6.45) is 5.69. The molecule has 3 rings (SSSR count). The molecule has 1 amide bonds. The van der Waals surface area contributed by atoms with Gasteiger partial charge in [-0.25, -0.2) is 4.98 Å². The van der Waals surface area contributed by atoms with Crippen LogP contribution >= 0.6 is 0 Å². The predicted molar refractivity (Wildman–Crippen MR) is 94.4 cm³/mol. The van der Waals surface area contributed by atoms with Gasteiger partial charge in [0.05, 0.1) is 18.7 Å². The van der Waals surface area contributed by atoms with Crippen molar-refractivity contribution in [3.8, 4) is 0 Å². The number of fused-ring (bicyclic) bond motifs is 1. The highest BCUT2D eigenvalue weighted by atomic mass is 16.2. The summed E-state index contributed by atoms with van der Waals surface area (Å²) in [7, 11) is 1.76. The van der Waals surface area contributed by atoms with Crippen molar-refractivity contribution in [1.82, 2.24) is 25.1 Å². The van der Waals surface area contributed by atoms with Crippen LogP contribution in [0, 0.1) is 13.8 Å². The monoisotopic (exact) mass is 343 g/mol. The first-order valence-electron chi connectivity index (χ1n) is 8.81. The molecule has 2 heterocycles. The first kappa shape index (κ1) is 17.4. The quantitative estimate of drug-likeness (QED) is 0.824. The highest BCUT2D eigenvalue weighted by molar-refractivity contribution is 5.78. The lowest BCUT2D eigenvalue weighted by Gasteiger charge is -2.17. The summed E-state index contributed by atoms with van der Waals surface area (Å²) < 4.78 is 0. The predicted octanol–water partition coefficient (Wildman–Crippen LogP) is 1.58. The fraction of sp³-hybridized carbons (Fsp3) is 0.556. The van der Waals surface area contributed by atoms with E-state index in [1.807, 2.05) is 0 Å². The minimum atomic E-state index is -0.236. The molecule has 0 unspecified atom stereocenters. The second-order valence-electron chi connectivity index (χ2n) is 6.83. The minimum absolute atomic E-state index is 0.0531. The zero-order valence-corrected chi connectivity index (χ0v) is 15.1. The summed E-state index contributed by atoms with van der Waals surface area (Å²) in [5, 5.41) is 7.55. The molecule has 2 aromatic rings. The molecule has 0 saturated carbocycles. The molecule has 2 aromatic heterocycles. The third-order valence-electron chi connectivity index (χ3n) is 4.87. The molecule has 1 aliphatic carbocycles. The Morgan fingerprint density at radius 2 is 1.96 bits per heavy atom. The highest BCUT2D eigenvalue weighted by Gasteiger charge is 2.20. The van der Waals surface area contributed by atoms with Crippen molar-refractivity contribution in [2.24, 2.45) is 0 Å². The van der Waals surface area contributed by atoms with Crippen LogP contribution in [0.25, 0.3) is 0 Å². The van der Waals surface area contributed by atoms with Crippen LogP contribution in [0.4, 0.5) is 0 Å². The molecule has 7 nitrogen and oxygen atoms in total. The second-order valence-corrected chi connectivity index (χ2v) is 6.83. The van der Waals surface area contributed by atoms with E-state index < -0.39 is 0 Å². The van der Waals surface area contributed by atoms with E-state index in [9.17, 15) is 9.59 Å². The molecule has 0 aliphatic heterocycles. The third kappa shape index (κ3) is 3.81. The number of rotatable bonds is 4. The van der Waals surface area contributed by atoms with E-state index in [2.05, 4.69) is 20.2 Å². The van der Waals surface area contributed by atoms with Crippen LogP contribution in [0.1, 0.15) is 53.3 Å². The van der Waals surface area contributed by atoms with Crippen molar-refractivity contribution in [3.05, 3.63) is 44.4 Å². The van der Waals surface area contributed by atoms with E-state index in [0.717, 1.165) is 18.5 Å². The molecule has 0 aromatic carbocycles. The minimum Gasteiger partial charge on any atom is -0.339 e. The van der Waals surface area contributed by atoms with Gasteiger partial charge < -0.3 is 9.88 Å². The van der Waals surface area contributed by atoms with Crippen LogP contribution in [0.5, 0.6) is 0 Å². The third-order valence-corrected chi connectivity index (χ3v) is 4.87.